The Morgan fingerprint density at radius 2 is 2.31 bits per heavy atom. The zero-order valence-electron chi connectivity index (χ0n) is 7.42. The van der Waals surface area contributed by atoms with Crippen molar-refractivity contribution in [3.05, 3.63) is 17.5 Å². The Labute approximate surface area is 74.4 Å². The van der Waals surface area contributed by atoms with Crippen molar-refractivity contribution in [3.8, 4) is 0 Å². The molecular weight excluding hydrogens is 178 g/mol. The molecule has 0 aliphatic rings. The monoisotopic (exact) mass is 188 g/mol. The van der Waals surface area contributed by atoms with Gasteiger partial charge in [0.1, 0.15) is 5.69 Å². The van der Waals surface area contributed by atoms with Crippen LogP contribution < -0.4 is 0 Å². The van der Waals surface area contributed by atoms with Crippen LogP contribution in [-0.2, 0) is 11.3 Å². The van der Waals surface area contributed by atoms with Gasteiger partial charge in [0.15, 0.2) is 5.78 Å². The standard InChI is InChI=1S/C8H10F2N2O/c1-5-3-7(8(9)10)12(11-5)4-6(2)13/h3,8H,4H2,1-2H3. The Morgan fingerprint density at radius 1 is 1.69 bits per heavy atom. The molecule has 0 aliphatic heterocycles. The van der Waals surface area contributed by atoms with Crippen molar-refractivity contribution < 1.29 is 13.6 Å². The van der Waals surface area contributed by atoms with Gasteiger partial charge in [-0.05, 0) is 19.9 Å². The number of alkyl halides is 2. The maximum atomic E-state index is 12.3. The summed E-state index contributed by atoms with van der Waals surface area (Å²) >= 11 is 0. The van der Waals surface area contributed by atoms with Crippen LogP contribution in [-0.4, -0.2) is 15.6 Å². The van der Waals surface area contributed by atoms with Crippen LogP contribution in [0.15, 0.2) is 6.07 Å². The van der Waals surface area contributed by atoms with E-state index in [1.807, 2.05) is 0 Å². The van der Waals surface area contributed by atoms with E-state index in [-0.39, 0.29) is 18.0 Å². The summed E-state index contributed by atoms with van der Waals surface area (Å²) in [6.07, 6.45) is -2.58. The topological polar surface area (TPSA) is 34.9 Å². The van der Waals surface area contributed by atoms with Gasteiger partial charge >= 0.3 is 0 Å². The smallest absolute Gasteiger partial charge is 0.280 e. The van der Waals surface area contributed by atoms with Crippen LogP contribution in [0.5, 0.6) is 0 Å². The van der Waals surface area contributed by atoms with Crippen molar-refractivity contribution in [2.75, 3.05) is 0 Å². The van der Waals surface area contributed by atoms with Crippen LogP contribution in [0.3, 0.4) is 0 Å². The van der Waals surface area contributed by atoms with Gasteiger partial charge in [-0.3, -0.25) is 9.48 Å². The average Bonchev–Trinajstić information content (AvgIpc) is 2.29. The highest BCUT2D eigenvalue weighted by molar-refractivity contribution is 5.75. The molecule has 0 N–H and O–H groups in total. The van der Waals surface area contributed by atoms with E-state index in [1.165, 1.54) is 13.0 Å². The van der Waals surface area contributed by atoms with E-state index in [0.29, 0.717) is 5.69 Å². The number of carbonyl (C=O) groups excluding carboxylic acids is 1. The number of hydrogen-bond acceptors (Lipinski definition) is 2. The maximum Gasteiger partial charge on any atom is 0.280 e. The van der Waals surface area contributed by atoms with Gasteiger partial charge < -0.3 is 0 Å². The fourth-order valence-corrected chi connectivity index (χ4v) is 1.08. The van der Waals surface area contributed by atoms with E-state index >= 15 is 0 Å². The lowest BCUT2D eigenvalue weighted by atomic mass is 10.3. The number of aromatic nitrogens is 2. The number of rotatable bonds is 3. The van der Waals surface area contributed by atoms with Crippen molar-refractivity contribution in [2.24, 2.45) is 0 Å². The number of aryl methyl sites for hydroxylation is 1. The van der Waals surface area contributed by atoms with Crippen LogP contribution in [0, 0.1) is 6.92 Å². The molecule has 0 aromatic carbocycles. The largest absolute Gasteiger partial charge is 0.298 e. The molecule has 0 saturated carbocycles. The highest BCUT2D eigenvalue weighted by atomic mass is 19.3. The van der Waals surface area contributed by atoms with E-state index in [9.17, 15) is 13.6 Å². The predicted octanol–water partition coefficient (Wildman–Crippen LogP) is 1.72. The van der Waals surface area contributed by atoms with Crippen LogP contribution >= 0.6 is 0 Å². The summed E-state index contributed by atoms with van der Waals surface area (Å²) < 4.78 is 25.7. The molecule has 0 fully saturated rings. The van der Waals surface area contributed by atoms with Gasteiger partial charge in [0.25, 0.3) is 6.43 Å². The summed E-state index contributed by atoms with van der Waals surface area (Å²) in [6.45, 7) is 2.86. The highest BCUT2D eigenvalue weighted by Gasteiger charge is 2.15. The Kier molecular flexibility index (Phi) is 2.75. The predicted molar refractivity (Wildman–Crippen MR) is 42.6 cm³/mol. The van der Waals surface area contributed by atoms with Gasteiger partial charge in [0, 0.05) is 0 Å². The lowest BCUT2D eigenvalue weighted by molar-refractivity contribution is -0.117. The molecule has 0 unspecified atom stereocenters. The molecule has 0 saturated heterocycles. The number of hydrogen-bond donors (Lipinski definition) is 0. The molecule has 1 aromatic heterocycles. The third kappa shape index (κ3) is 2.34. The van der Waals surface area contributed by atoms with E-state index in [0.717, 1.165) is 4.68 Å². The van der Waals surface area contributed by atoms with Gasteiger partial charge in [-0.15, -0.1) is 0 Å². The number of carbonyl (C=O) groups is 1. The first kappa shape index (κ1) is 9.83. The minimum absolute atomic E-state index is 0.0898. The minimum Gasteiger partial charge on any atom is -0.298 e. The molecule has 0 spiro atoms. The van der Waals surface area contributed by atoms with Gasteiger partial charge in [-0.2, -0.15) is 5.10 Å². The van der Waals surface area contributed by atoms with Crippen LogP contribution in [0.4, 0.5) is 8.78 Å². The number of nitrogens with zero attached hydrogens (tertiary/aromatic N) is 2. The fraction of sp³-hybridized carbons (Fsp3) is 0.500. The number of Topliss-reactive ketones (excluding diaryl/α,β-unsaturated/α-hetero) is 1. The van der Waals surface area contributed by atoms with Crippen molar-refractivity contribution in [1.82, 2.24) is 9.78 Å². The summed E-state index contributed by atoms with van der Waals surface area (Å²) in [5.74, 6) is -0.190. The van der Waals surface area contributed by atoms with E-state index in [4.69, 9.17) is 0 Å². The zero-order chi connectivity index (χ0) is 10.0. The van der Waals surface area contributed by atoms with E-state index < -0.39 is 6.43 Å². The average molecular weight is 188 g/mol. The molecule has 0 aliphatic carbocycles. The quantitative estimate of drug-likeness (QED) is 0.723. The third-order valence-corrected chi connectivity index (χ3v) is 1.53. The van der Waals surface area contributed by atoms with E-state index in [2.05, 4.69) is 5.10 Å². The SMILES string of the molecule is CC(=O)Cn1nc(C)cc1C(F)F. The molecule has 5 heteroatoms. The summed E-state index contributed by atoms with van der Waals surface area (Å²) in [4.78, 5) is 10.7. The zero-order valence-corrected chi connectivity index (χ0v) is 7.42. The van der Waals surface area contributed by atoms with Gasteiger partial charge in [0.05, 0.1) is 12.2 Å². The first-order valence-corrected chi connectivity index (χ1v) is 3.82. The molecular formula is C8H10F2N2O. The van der Waals surface area contributed by atoms with Crippen molar-refractivity contribution >= 4 is 5.78 Å². The molecule has 0 amide bonds. The van der Waals surface area contributed by atoms with Crippen molar-refractivity contribution in [2.45, 2.75) is 26.8 Å². The van der Waals surface area contributed by atoms with Gasteiger partial charge in [-0.1, -0.05) is 0 Å². The van der Waals surface area contributed by atoms with Crippen LogP contribution in [0.25, 0.3) is 0 Å². The number of ketones is 1. The lowest BCUT2D eigenvalue weighted by Gasteiger charge is -2.02. The molecule has 0 radical (unpaired) electrons. The lowest BCUT2D eigenvalue weighted by Crippen LogP contribution is -2.11. The Morgan fingerprint density at radius 3 is 2.77 bits per heavy atom. The van der Waals surface area contributed by atoms with Crippen molar-refractivity contribution in [3.63, 3.8) is 0 Å². The molecule has 1 heterocycles. The van der Waals surface area contributed by atoms with Crippen LogP contribution in [0.2, 0.25) is 0 Å². The van der Waals surface area contributed by atoms with Gasteiger partial charge in [-0.25, -0.2) is 8.78 Å². The fourth-order valence-electron chi connectivity index (χ4n) is 1.08. The molecule has 72 valence electrons. The number of halogens is 2. The summed E-state index contributed by atoms with van der Waals surface area (Å²) in [5, 5.41) is 3.79. The summed E-state index contributed by atoms with van der Waals surface area (Å²) in [6, 6.07) is 1.29. The first-order chi connectivity index (χ1) is 6.00. The Hall–Kier alpha value is -1.26. The van der Waals surface area contributed by atoms with Crippen molar-refractivity contribution in [1.29, 1.82) is 0 Å². The molecule has 1 aromatic rings. The summed E-state index contributed by atoms with van der Waals surface area (Å²) in [7, 11) is 0. The molecule has 1 rings (SSSR count). The highest BCUT2D eigenvalue weighted by Crippen LogP contribution is 2.19. The molecule has 0 bridgehead atoms. The minimum atomic E-state index is -2.58. The second-order valence-corrected chi connectivity index (χ2v) is 2.87. The summed E-state index contributed by atoms with van der Waals surface area (Å²) in [5.41, 5.74) is 0.296. The molecule has 13 heavy (non-hydrogen) atoms. The maximum absolute atomic E-state index is 12.3. The first-order valence-electron chi connectivity index (χ1n) is 3.82. The normalized spacial score (nSPS) is 10.8. The molecule has 0 atom stereocenters. The Bertz CT molecular complexity index is 320. The Balaban J connectivity index is 2.97. The second-order valence-electron chi connectivity index (χ2n) is 2.87. The third-order valence-electron chi connectivity index (χ3n) is 1.53. The second kappa shape index (κ2) is 3.64. The van der Waals surface area contributed by atoms with Crippen LogP contribution in [0.1, 0.15) is 24.7 Å². The van der Waals surface area contributed by atoms with Gasteiger partial charge in [0.2, 0.25) is 0 Å². The molecule has 3 nitrogen and oxygen atoms in total. The van der Waals surface area contributed by atoms with E-state index in [1.54, 1.807) is 6.92 Å².